The molecule has 0 aromatic heterocycles. The van der Waals surface area contributed by atoms with Gasteiger partial charge in [-0.2, -0.15) is 0 Å². The quantitative estimate of drug-likeness (QED) is 0.539. The molecule has 0 atom stereocenters. The Kier molecular flexibility index (Phi) is 7.41. The number of hydrogen-bond donors (Lipinski definition) is 1. The maximum atomic E-state index is 12.1. The third-order valence-corrected chi connectivity index (χ3v) is 5.92. The summed E-state index contributed by atoms with van der Waals surface area (Å²) < 4.78 is 5.40. The Morgan fingerprint density at radius 2 is 1.50 bits per heavy atom. The number of hydrogen-bond acceptors (Lipinski definition) is 4. The van der Waals surface area contributed by atoms with Crippen molar-refractivity contribution in [1.82, 2.24) is 10.2 Å². The number of carbonyl (C=O) groups excluding carboxylic acids is 1. The van der Waals surface area contributed by atoms with E-state index in [9.17, 15) is 4.79 Å². The van der Waals surface area contributed by atoms with Crippen molar-refractivity contribution in [3.05, 3.63) is 84.4 Å². The Balaban J connectivity index is 1.14. The Hall–Kier alpha value is -3.31. The zero-order chi connectivity index (χ0) is 22.2. The summed E-state index contributed by atoms with van der Waals surface area (Å²) >= 11 is 0. The molecule has 3 aromatic carbocycles. The largest absolute Gasteiger partial charge is 0.412 e. The van der Waals surface area contributed by atoms with E-state index in [1.807, 2.05) is 42.5 Å². The topological polar surface area (TPSA) is 44.8 Å². The number of anilines is 1. The smallest absolute Gasteiger partial charge is 0.410 e. The number of carbonyl (C=O) groups is 1. The molecule has 1 aliphatic rings. The second kappa shape index (κ2) is 10.8. The molecule has 1 N–H and O–H groups in total. The van der Waals surface area contributed by atoms with Gasteiger partial charge in [-0.05, 0) is 54.8 Å². The average molecular weight is 430 g/mol. The van der Waals surface area contributed by atoms with Gasteiger partial charge >= 0.3 is 6.09 Å². The summed E-state index contributed by atoms with van der Waals surface area (Å²) in [5.74, 6) is 0.550. The molecule has 0 radical (unpaired) electrons. The Morgan fingerprint density at radius 1 is 0.844 bits per heavy atom. The van der Waals surface area contributed by atoms with Crippen molar-refractivity contribution < 1.29 is 9.53 Å². The van der Waals surface area contributed by atoms with E-state index in [4.69, 9.17) is 4.74 Å². The molecule has 0 saturated carbocycles. The number of nitrogens with one attached hydrogen (secondary N) is 1. The fourth-order valence-corrected chi connectivity index (χ4v) is 4.11. The van der Waals surface area contributed by atoms with Crippen LogP contribution in [0.25, 0.3) is 11.1 Å². The molecule has 1 fully saturated rings. The van der Waals surface area contributed by atoms with Gasteiger partial charge in [-0.1, -0.05) is 60.7 Å². The van der Waals surface area contributed by atoms with Crippen molar-refractivity contribution in [3.63, 3.8) is 0 Å². The highest BCUT2D eigenvalue weighted by Crippen LogP contribution is 2.22. The van der Waals surface area contributed by atoms with E-state index in [2.05, 4.69) is 58.4 Å². The molecule has 1 amide bonds. The van der Waals surface area contributed by atoms with Crippen molar-refractivity contribution in [1.29, 1.82) is 0 Å². The van der Waals surface area contributed by atoms with E-state index < -0.39 is 6.09 Å². The van der Waals surface area contributed by atoms with Crippen LogP contribution in [-0.4, -0.2) is 50.3 Å². The summed E-state index contributed by atoms with van der Waals surface area (Å²) in [6.07, 6.45) is 0.508. The molecule has 166 valence electrons. The first-order valence-corrected chi connectivity index (χ1v) is 11.3. The van der Waals surface area contributed by atoms with Crippen LogP contribution in [0.1, 0.15) is 12.0 Å². The summed E-state index contributed by atoms with van der Waals surface area (Å²) in [6, 6.07) is 26.3. The minimum Gasteiger partial charge on any atom is -0.410 e. The van der Waals surface area contributed by atoms with E-state index in [-0.39, 0.29) is 0 Å². The zero-order valence-corrected chi connectivity index (χ0v) is 18.7. The fourth-order valence-electron chi connectivity index (χ4n) is 4.11. The first kappa shape index (κ1) is 21.9. The number of rotatable bonds is 7. The third-order valence-electron chi connectivity index (χ3n) is 5.92. The molecule has 32 heavy (non-hydrogen) atoms. The van der Waals surface area contributed by atoms with Crippen LogP contribution in [0.2, 0.25) is 0 Å². The van der Waals surface area contributed by atoms with E-state index in [1.165, 1.54) is 11.3 Å². The number of para-hydroxylation sites is 1. The van der Waals surface area contributed by atoms with Gasteiger partial charge in [0.1, 0.15) is 5.75 Å². The highest BCUT2D eigenvalue weighted by atomic mass is 16.6. The summed E-state index contributed by atoms with van der Waals surface area (Å²) in [6.45, 7) is 7.94. The average Bonchev–Trinajstić information content (AvgIpc) is 2.84. The van der Waals surface area contributed by atoms with Crippen LogP contribution in [0.4, 0.5) is 10.5 Å². The van der Waals surface area contributed by atoms with Crippen LogP contribution in [0.15, 0.2) is 78.9 Å². The van der Waals surface area contributed by atoms with E-state index in [0.29, 0.717) is 12.3 Å². The lowest BCUT2D eigenvalue weighted by atomic mass is 10.1. The molecule has 5 nitrogen and oxygen atoms in total. The second-order valence-electron chi connectivity index (χ2n) is 8.18. The maximum Gasteiger partial charge on any atom is 0.412 e. The predicted molar refractivity (Wildman–Crippen MR) is 130 cm³/mol. The highest BCUT2D eigenvalue weighted by Gasteiger charge is 2.17. The number of benzene rings is 3. The van der Waals surface area contributed by atoms with Gasteiger partial charge in [-0.25, -0.2) is 4.79 Å². The minimum atomic E-state index is -0.401. The molecule has 1 heterocycles. The molecule has 4 rings (SSSR count). The Bertz CT molecular complexity index is 997. The lowest BCUT2D eigenvalue weighted by Gasteiger charge is -2.36. The van der Waals surface area contributed by atoms with Crippen LogP contribution in [0.5, 0.6) is 5.75 Å². The Morgan fingerprint density at radius 3 is 2.22 bits per heavy atom. The van der Waals surface area contributed by atoms with Crippen molar-refractivity contribution in [2.24, 2.45) is 0 Å². The van der Waals surface area contributed by atoms with Gasteiger partial charge < -0.3 is 15.0 Å². The molecular formula is C27H31N3O2. The molecule has 5 heteroatoms. The SMILES string of the molecule is Cc1ccccc1N1CCN(CCCNC(=O)Oc2ccc(-c3ccccc3)cc2)CC1. The fraction of sp³-hybridized carbons (Fsp3) is 0.296. The van der Waals surface area contributed by atoms with E-state index in [0.717, 1.165) is 50.3 Å². The minimum absolute atomic E-state index is 0.401. The molecule has 0 unspecified atom stereocenters. The maximum absolute atomic E-state index is 12.1. The molecule has 1 aliphatic heterocycles. The van der Waals surface area contributed by atoms with Crippen molar-refractivity contribution in [3.8, 4) is 16.9 Å². The molecular weight excluding hydrogens is 398 g/mol. The van der Waals surface area contributed by atoms with Gasteiger partial charge in [0.2, 0.25) is 0 Å². The van der Waals surface area contributed by atoms with Gasteiger partial charge in [0.25, 0.3) is 0 Å². The lowest BCUT2D eigenvalue weighted by molar-refractivity contribution is 0.198. The predicted octanol–water partition coefficient (Wildman–Crippen LogP) is 4.96. The number of nitrogens with zero attached hydrogens (tertiary/aromatic N) is 2. The standard InChI is InChI=1S/C27H31N3O2/c1-22-8-5-6-11-26(22)30-20-18-29(19-21-30)17-7-16-28-27(31)32-25-14-12-24(13-15-25)23-9-3-2-4-10-23/h2-6,8-15H,7,16-21H2,1H3,(H,28,31). The molecule has 0 aliphatic carbocycles. The summed E-state index contributed by atoms with van der Waals surface area (Å²) in [5.41, 5.74) is 4.91. The van der Waals surface area contributed by atoms with Crippen molar-refractivity contribution >= 4 is 11.8 Å². The van der Waals surface area contributed by atoms with Gasteiger partial charge in [0.15, 0.2) is 0 Å². The highest BCUT2D eigenvalue weighted by molar-refractivity contribution is 5.71. The van der Waals surface area contributed by atoms with E-state index >= 15 is 0 Å². The van der Waals surface area contributed by atoms with Gasteiger partial charge in [0, 0.05) is 38.4 Å². The van der Waals surface area contributed by atoms with Gasteiger partial charge in [-0.15, -0.1) is 0 Å². The van der Waals surface area contributed by atoms with Crippen LogP contribution in [-0.2, 0) is 0 Å². The van der Waals surface area contributed by atoms with Crippen LogP contribution < -0.4 is 15.0 Å². The molecule has 3 aromatic rings. The van der Waals surface area contributed by atoms with Gasteiger partial charge in [-0.3, -0.25) is 4.90 Å². The zero-order valence-electron chi connectivity index (χ0n) is 18.7. The van der Waals surface area contributed by atoms with Crippen molar-refractivity contribution in [2.45, 2.75) is 13.3 Å². The molecule has 0 bridgehead atoms. The molecule has 0 spiro atoms. The molecule has 1 saturated heterocycles. The third kappa shape index (κ3) is 5.89. The number of aryl methyl sites for hydroxylation is 1. The second-order valence-corrected chi connectivity index (χ2v) is 8.18. The van der Waals surface area contributed by atoms with Crippen LogP contribution in [0.3, 0.4) is 0 Å². The Labute approximate surface area is 190 Å². The summed E-state index contributed by atoms with van der Waals surface area (Å²) in [7, 11) is 0. The number of piperazine rings is 1. The first-order valence-electron chi connectivity index (χ1n) is 11.3. The number of ether oxygens (including phenoxy) is 1. The lowest BCUT2D eigenvalue weighted by Crippen LogP contribution is -2.47. The van der Waals surface area contributed by atoms with Gasteiger partial charge in [0.05, 0.1) is 0 Å². The summed E-state index contributed by atoms with van der Waals surface area (Å²) in [4.78, 5) is 17.0. The van der Waals surface area contributed by atoms with E-state index in [1.54, 1.807) is 0 Å². The monoisotopic (exact) mass is 429 g/mol. The van der Waals surface area contributed by atoms with Crippen LogP contribution in [0, 0.1) is 6.92 Å². The first-order chi connectivity index (χ1) is 15.7. The number of amides is 1. The summed E-state index contributed by atoms with van der Waals surface area (Å²) in [5, 5.41) is 2.86. The normalized spacial score (nSPS) is 14.2. The van der Waals surface area contributed by atoms with Crippen LogP contribution >= 0.6 is 0 Å². The van der Waals surface area contributed by atoms with Crippen molar-refractivity contribution in [2.75, 3.05) is 44.2 Å².